The van der Waals surface area contributed by atoms with Gasteiger partial charge in [-0.25, -0.2) is 0 Å². The molecule has 3 aromatic carbocycles. The Morgan fingerprint density at radius 2 is 1.65 bits per heavy atom. The minimum absolute atomic E-state index is 0.0155. The molecule has 3 aliphatic rings. The highest BCUT2D eigenvalue weighted by Crippen LogP contribution is 2.61. The highest BCUT2D eigenvalue weighted by atomic mass is 31.2. The first-order valence-corrected chi connectivity index (χ1v) is 18.6. The summed E-state index contributed by atoms with van der Waals surface area (Å²) in [6.45, 7) is 3.77. The van der Waals surface area contributed by atoms with Crippen molar-refractivity contribution in [3.8, 4) is 16.9 Å². The average molecular weight is 732 g/mol. The van der Waals surface area contributed by atoms with Crippen LogP contribution >= 0.6 is 7.60 Å². The molecule has 14 heteroatoms. The van der Waals surface area contributed by atoms with Gasteiger partial charge in [0, 0.05) is 48.9 Å². The number of aromatic hydroxyl groups is 1. The van der Waals surface area contributed by atoms with E-state index in [-0.39, 0.29) is 42.9 Å². The van der Waals surface area contributed by atoms with Crippen molar-refractivity contribution in [3.63, 3.8) is 0 Å². The van der Waals surface area contributed by atoms with Crippen LogP contribution in [0.4, 0.5) is 11.4 Å². The Kier molecular flexibility index (Phi) is 9.84. The number of rotatable bonds is 11. The van der Waals surface area contributed by atoms with Gasteiger partial charge in [-0.3, -0.25) is 18.9 Å². The van der Waals surface area contributed by atoms with E-state index in [0.29, 0.717) is 33.6 Å². The van der Waals surface area contributed by atoms with E-state index in [9.17, 15) is 39.4 Å². The van der Waals surface area contributed by atoms with Gasteiger partial charge in [0.2, 0.25) is 5.78 Å². The molecule has 0 aliphatic heterocycles. The smallest absolute Gasteiger partial charge is 0.357 e. The van der Waals surface area contributed by atoms with Crippen molar-refractivity contribution < 1.29 is 48.4 Å². The number of hydrogen-bond acceptors (Lipinski definition) is 12. The third-order valence-electron chi connectivity index (χ3n) is 10.1. The van der Waals surface area contributed by atoms with E-state index in [1.807, 2.05) is 35.2 Å². The van der Waals surface area contributed by atoms with E-state index in [1.165, 1.54) is 0 Å². The standard InChI is InChI=1S/C38H42N3O10P/c1-5-50-52(49,51-6-2)37(40-24-10-8-7-9-11-24)21-14-12-20(13-15-21)25-19-27(41(3)4)26-17-22-16-23-18-28(42)31(36(39)47)35(46)38(23,48)34(45)29(22)33(44)30(26)32(25)43/h7-15,19,22-23,37,40,43-44,46,48H,5-6,16-18H2,1-4H3,(H2,39,47)/t22-,23+,37?,38+/m1/s1. The van der Waals surface area contributed by atoms with Crippen molar-refractivity contribution in [1.82, 2.24) is 0 Å². The molecule has 52 heavy (non-hydrogen) atoms. The van der Waals surface area contributed by atoms with Crippen LogP contribution in [0.2, 0.25) is 0 Å². The Morgan fingerprint density at radius 3 is 2.23 bits per heavy atom. The third kappa shape index (κ3) is 5.97. The number of carbonyl (C=O) groups excluding carboxylic acids is 3. The maximum atomic E-state index is 14.1. The monoisotopic (exact) mass is 731 g/mol. The zero-order valence-corrected chi connectivity index (χ0v) is 30.1. The lowest BCUT2D eigenvalue weighted by atomic mass is 9.59. The maximum absolute atomic E-state index is 14.1. The lowest BCUT2D eigenvalue weighted by Crippen LogP contribution is -2.58. The van der Waals surface area contributed by atoms with Crippen molar-refractivity contribution in [2.75, 3.05) is 37.5 Å². The molecule has 0 spiro atoms. The largest absolute Gasteiger partial charge is 0.508 e. The van der Waals surface area contributed by atoms with Crippen LogP contribution in [0.25, 0.3) is 16.9 Å². The minimum atomic E-state index is -3.74. The van der Waals surface area contributed by atoms with E-state index in [4.69, 9.17) is 14.8 Å². The Morgan fingerprint density at radius 1 is 1.02 bits per heavy atom. The van der Waals surface area contributed by atoms with Crippen molar-refractivity contribution in [2.45, 2.75) is 44.5 Å². The Hall–Kier alpha value is -4.94. The third-order valence-corrected chi connectivity index (χ3v) is 12.4. The van der Waals surface area contributed by atoms with Gasteiger partial charge in [-0.2, -0.15) is 0 Å². The van der Waals surface area contributed by atoms with E-state index in [2.05, 4.69) is 5.32 Å². The van der Waals surface area contributed by atoms with Crippen molar-refractivity contribution >= 4 is 42.2 Å². The Labute approximate surface area is 300 Å². The zero-order chi connectivity index (χ0) is 37.7. The van der Waals surface area contributed by atoms with Crippen molar-refractivity contribution in [3.05, 3.63) is 94.3 Å². The summed E-state index contributed by atoms with van der Waals surface area (Å²) in [6, 6.07) is 17.9. The molecule has 7 N–H and O–H groups in total. The summed E-state index contributed by atoms with van der Waals surface area (Å²) in [4.78, 5) is 40.6. The van der Waals surface area contributed by atoms with Gasteiger partial charge in [0.25, 0.3) is 5.91 Å². The predicted octanol–water partition coefficient (Wildman–Crippen LogP) is 5.53. The van der Waals surface area contributed by atoms with Gasteiger partial charge in [-0.1, -0.05) is 42.5 Å². The number of nitrogens with one attached hydrogen (secondary N) is 1. The van der Waals surface area contributed by atoms with Gasteiger partial charge in [0.1, 0.15) is 22.8 Å². The molecule has 3 aliphatic carbocycles. The van der Waals surface area contributed by atoms with Gasteiger partial charge < -0.3 is 45.4 Å². The fraction of sp³-hybridized carbons (Fsp3) is 0.342. The number of hydrogen-bond donors (Lipinski definition) is 6. The number of aliphatic hydroxyl groups excluding tert-OH is 2. The average Bonchev–Trinajstić information content (AvgIpc) is 3.09. The van der Waals surface area contributed by atoms with Crippen LogP contribution in [0.1, 0.15) is 49.2 Å². The first kappa shape index (κ1) is 36.8. The number of phenolic OH excluding ortho intramolecular Hbond substituents is 1. The number of phenols is 1. The summed E-state index contributed by atoms with van der Waals surface area (Å²) >= 11 is 0. The fourth-order valence-corrected chi connectivity index (χ4v) is 9.65. The van der Waals surface area contributed by atoms with E-state index < -0.39 is 71.8 Å². The molecule has 274 valence electrons. The molecule has 1 unspecified atom stereocenters. The molecule has 0 radical (unpaired) electrons. The van der Waals surface area contributed by atoms with Crippen LogP contribution in [-0.4, -0.2) is 70.8 Å². The van der Waals surface area contributed by atoms with Crippen molar-refractivity contribution in [2.24, 2.45) is 17.6 Å². The molecule has 0 saturated heterocycles. The number of nitrogens with zero attached hydrogens (tertiary/aromatic N) is 1. The molecular weight excluding hydrogens is 689 g/mol. The molecular formula is C38H42N3O10P. The summed E-state index contributed by atoms with van der Waals surface area (Å²) in [7, 11) is -0.138. The van der Waals surface area contributed by atoms with Gasteiger partial charge >= 0.3 is 7.60 Å². The summed E-state index contributed by atoms with van der Waals surface area (Å²) in [5.74, 6) is -7.75. The maximum Gasteiger partial charge on any atom is 0.357 e. The number of Topliss-reactive ketones (excluding diaryl/α,β-unsaturated/α-hetero) is 2. The topological polar surface area (TPSA) is 209 Å². The van der Waals surface area contributed by atoms with Gasteiger partial charge in [0.05, 0.1) is 18.8 Å². The van der Waals surface area contributed by atoms with Crippen LogP contribution in [-0.2, 0) is 34.4 Å². The quantitative estimate of drug-likeness (QED) is 0.106. The first-order valence-electron chi connectivity index (χ1n) is 17.0. The second kappa shape index (κ2) is 13.9. The number of carbonyl (C=O) groups is 3. The number of primary amides is 1. The molecule has 0 aromatic heterocycles. The number of amides is 1. The van der Waals surface area contributed by atoms with Gasteiger partial charge in [0.15, 0.2) is 17.2 Å². The molecule has 0 bridgehead atoms. The molecule has 1 fully saturated rings. The molecule has 13 nitrogen and oxygen atoms in total. The molecule has 4 atom stereocenters. The fourth-order valence-electron chi connectivity index (χ4n) is 7.72. The van der Waals surface area contributed by atoms with Crippen LogP contribution < -0.4 is 16.0 Å². The van der Waals surface area contributed by atoms with Crippen LogP contribution in [0.5, 0.6) is 5.75 Å². The summed E-state index contributed by atoms with van der Waals surface area (Å²) in [5, 5.41) is 49.5. The highest BCUT2D eigenvalue weighted by Gasteiger charge is 2.60. The molecule has 6 rings (SSSR count). The first-order chi connectivity index (χ1) is 24.7. The number of ketones is 2. The minimum Gasteiger partial charge on any atom is -0.508 e. The number of nitrogens with two attached hydrogens (primary N) is 1. The Balaban J connectivity index is 1.46. The second-order valence-corrected chi connectivity index (χ2v) is 15.5. The number of fused-ring (bicyclic) bond motifs is 3. The lowest BCUT2D eigenvalue weighted by molar-refractivity contribution is -0.147. The summed E-state index contributed by atoms with van der Waals surface area (Å²) in [6.07, 6.45) is -0.189. The Bertz CT molecular complexity index is 2050. The van der Waals surface area contributed by atoms with E-state index in [1.54, 1.807) is 58.3 Å². The van der Waals surface area contributed by atoms with Crippen LogP contribution in [0.15, 0.2) is 77.6 Å². The van der Waals surface area contributed by atoms with E-state index >= 15 is 0 Å². The van der Waals surface area contributed by atoms with Gasteiger partial charge in [-0.15, -0.1) is 0 Å². The SMILES string of the molecule is CCOP(=O)(OCC)C(Nc1ccccc1)c1ccc(-c2cc(N(C)C)c3c(c2O)C(O)=C2C(=O)[C@]4(O)C(O)=C(C(N)=O)C(=O)C[C@@H]4C[C@@H]2C3)cc1. The number of anilines is 2. The van der Waals surface area contributed by atoms with Gasteiger partial charge in [-0.05, 0) is 67.5 Å². The van der Waals surface area contributed by atoms with E-state index in [0.717, 1.165) is 0 Å². The number of benzene rings is 3. The molecule has 1 saturated carbocycles. The molecule has 0 heterocycles. The number of para-hydroxylation sites is 1. The van der Waals surface area contributed by atoms with Crippen molar-refractivity contribution in [1.29, 1.82) is 0 Å². The molecule has 3 aromatic rings. The molecule has 1 amide bonds. The summed E-state index contributed by atoms with van der Waals surface area (Å²) in [5.41, 5.74) is 4.89. The second-order valence-electron chi connectivity index (χ2n) is 13.4. The normalized spacial score (nSPS) is 22.0. The zero-order valence-electron chi connectivity index (χ0n) is 29.3. The lowest BCUT2D eigenvalue weighted by Gasteiger charge is -2.46. The number of aliphatic hydroxyl groups is 3. The summed E-state index contributed by atoms with van der Waals surface area (Å²) < 4.78 is 25.5. The van der Waals surface area contributed by atoms with Crippen LogP contribution in [0, 0.1) is 11.8 Å². The van der Waals surface area contributed by atoms with Crippen LogP contribution in [0.3, 0.4) is 0 Å². The highest BCUT2D eigenvalue weighted by molar-refractivity contribution is 7.54. The predicted molar refractivity (Wildman–Crippen MR) is 195 cm³/mol.